The molecule has 2 amide bonds. The zero-order chi connectivity index (χ0) is 17.6. The van der Waals surface area contributed by atoms with E-state index in [1.54, 1.807) is 0 Å². The number of ether oxygens (including phenoxy) is 1. The van der Waals surface area contributed by atoms with E-state index >= 15 is 0 Å². The van der Waals surface area contributed by atoms with E-state index in [9.17, 15) is 4.79 Å². The minimum absolute atomic E-state index is 0.236. The molecule has 0 fully saturated rings. The number of para-hydroxylation sites is 1. The van der Waals surface area contributed by atoms with E-state index in [1.807, 2.05) is 37.3 Å². The van der Waals surface area contributed by atoms with Crippen LogP contribution in [0, 0.1) is 0 Å². The molecular weight excluding hydrogens is 334 g/mol. The van der Waals surface area contributed by atoms with Gasteiger partial charge >= 0.3 is 6.03 Å². The predicted octanol–water partition coefficient (Wildman–Crippen LogP) is 4.89. The Balaban J connectivity index is 1.90. The van der Waals surface area contributed by atoms with Crippen LogP contribution < -0.4 is 15.4 Å². The number of aromatic nitrogens is 1. The Morgan fingerprint density at radius 1 is 1.20 bits per heavy atom. The van der Waals surface area contributed by atoms with Gasteiger partial charge in [0.05, 0.1) is 16.8 Å². The summed E-state index contributed by atoms with van der Waals surface area (Å²) < 4.78 is 6.88. The third-order valence-corrected chi connectivity index (χ3v) is 4.54. The SMILES string of the molecule is CCCOc1ccccc1-c1ccc2nc(NC(=O)NCC)sc2c1. The topological polar surface area (TPSA) is 63.2 Å². The Morgan fingerprint density at radius 3 is 2.84 bits per heavy atom. The summed E-state index contributed by atoms with van der Waals surface area (Å²) in [5.74, 6) is 0.883. The van der Waals surface area contributed by atoms with Crippen LogP contribution in [0.2, 0.25) is 0 Å². The van der Waals surface area contributed by atoms with Crippen LogP contribution in [0.4, 0.5) is 9.93 Å². The summed E-state index contributed by atoms with van der Waals surface area (Å²) >= 11 is 1.46. The summed E-state index contributed by atoms with van der Waals surface area (Å²) in [5, 5.41) is 6.06. The molecule has 1 aromatic heterocycles. The molecule has 0 saturated carbocycles. The molecule has 0 aliphatic rings. The number of urea groups is 1. The van der Waals surface area contributed by atoms with Crippen LogP contribution in [0.25, 0.3) is 21.3 Å². The van der Waals surface area contributed by atoms with Crippen molar-refractivity contribution in [2.75, 3.05) is 18.5 Å². The monoisotopic (exact) mass is 355 g/mol. The van der Waals surface area contributed by atoms with Gasteiger partial charge in [-0.25, -0.2) is 9.78 Å². The van der Waals surface area contributed by atoms with Crippen molar-refractivity contribution in [2.24, 2.45) is 0 Å². The number of rotatable bonds is 6. The van der Waals surface area contributed by atoms with E-state index in [0.717, 1.165) is 33.5 Å². The standard InChI is InChI=1S/C19H21N3O2S/c1-3-11-24-16-8-6-5-7-14(16)13-9-10-15-17(12-13)25-19(21-15)22-18(23)20-4-2/h5-10,12H,3-4,11H2,1-2H3,(H2,20,21,22,23). The van der Waals surface area contributed by atoms with Crippen LogP contribution >= 0.6 is 11.3 Å². The fraction of sp³-hybridized carbons (Fsp3) is 0.263. The summed E-state index contributed by atoms with van der Waals surface area (Å²) in [7, 11) is 0. The summed E-state index contributed by atoms with van der Waals surface area (Å²) in [6, 6.07) is 13.9. The molecule has 1 heterocycles. The molecule has 25 heavy (non-hydrogen) atoms. The first-order valence-corrected chi connectivity index (χ1v) is 9.20. The average Bonchev–Trinajstić information content (AvgIpc) is 3.01. The Labute approximate surface area is 151 Å². The molecular formula is C19H21N3O2S. The van der Waals surface area contributed by atoms with Crippen molar-refractivity contribution in [2.45, 2.75) is 20.3 Å². The molecule has 0 bridgehead atoms. The molecule has 0 radical (unpaired) electrons. The van der Waals surface area contributed by atoms with Crippen LogP contribution in [0.3, 0.4) is 0 Å². The Kier molecular flexibility index (Phi) is 5.50. The summed E-state index contributed by atoms with van der Waals surface area (Å²) in [6.07, 6.45) is 0.969. The number of amides is 2. The molecule has 3 aromatic rings. The molecule has 130 valence electrons. The third-order valence-electron chi connectivity index (χ3n) is 3.61. The van der Waals surface area contributed by atoms with Crippen LogP contribution in [0.1, 0.15) is 20.3 Å². The first kappa shape index (κ1) is 17.2. The van der Waals surface area contributed by atoms with Gasteiger partial charge < -0.3 is 10.1 Å². The van der Waals surface area contributed by atoms with E-state index in [2.05, 4.69) is 34.7 Å². The van der Waals surface area contributed by atoms with Crippen molar-refractivity contribution in [1.29, 1.82) is 0 Å². The maximum atomic E-state index is 11.7. The summed E-state index contributed by atoms with van der Waals surface area (Å²) in [6.45, 7) is 5.24. The van der Waals surface area contributed by atoms with Crippen molar-refractivity contribution >= 4 is 32.7 Å². The number of carbonyl (C=O) groups excluding carboxylic acids is 1. The van der Waals surface area contributed by atoms with Gasteiger partial charge in [0.1, 0.15) is 5.75 Å². The highest BCUT2D eigenvalue weighted by atomic mass is 32.1. The second kappa shape index (κ2) is 7.98. The second-order valence-corrected chi connectivity index (χ2v) is 6.56. The molecule has 0 saturated heterocycles. The number of fused-ring (bicyclic) bond motifs is 1. The number of anilines is 1. The lowest BCUT2D eigenvalue weighted by atomic mass is 10.0. The van der Waals surface area contributed by atoms with Crippen LogP contribution in [0.15, 0.2) is 42.5 Å². The minimum atomic E-state index is -0.236. The molecule has 6 heteroatoms. The van der Waals surface area contributed by atoms with E-state index in [0.29, 0.717) is 18.3 Å². The fourth-order valence-corrected chi connectivity index (χ4v) is 3.39. The summed E-state index contributed by atoms with van der Waals surface area (Å²) in [4.78, 5) is 16.1. The number of nitrogens with one attached hydrogen (secondary N) is 2. The highest BCUT2D eigenvalue weighted by molar-refractivity contribution is 7.22. The largest absolute Gasteiger partial charge is 0.493 e. The first-order valence-electron chi connectivity index (χ1n) is 8.39. The van der Waals surface area contributed by atoms with Crippen LogP contribution in [0.5, 0.6) is 5.75 Å². The predicted molar refractivity (Wildman–Crippen MR) is 104 cm³/mol. The van der Waals surface area contributed by atoms with E-state index in [1.165, 1.54) is 11.3 Å². The van der Waals surface area contributed by atoms with Crippen molar-refractivity contribution in [3.63, 3.8) is 0 Å². The Morgan fingerprint density at radius 2 is 2.04 bits per heavy atom. The van der Waals surface area contributed by atoms with Gasteiger partial charge in [-0.3, -0.25) is 5.32 Å². The van der Waals surface area contributed by atoms with Gasteiger partial charge in [0, 0.05) is 12.1 Å². The van der Waals surface area contributed by atoms with Crippen molar-refractivity contribution in [3.8, 4) is 16.9 Å². The van der Waals surface area contributed by atoms with Crippen molar-refractivity contribution in [1.82, 2.24) is 10.3 Å². The lowest BCUT2D eigenvalue weighted by molar-refractivity contribution is 0.252. The number of hydrogen-bond acceptors (Lipinski definition) is 4. The number of thiazole rings is 1. The Hall–Kier alpha value is -2.60. The van der Waals surface area contributed by atoms with E-state index in [-0.39, 0.29) is 6.03 Å². The molecule has 0 aliphatic carbocycles. The van der Waals surface area contributed by atoms with Crippen LogP contribution in [-0.2, 0) is 0 Å². The lowest BCUT2D eigenvalue weighted by Gasteiger charge is -2.10. The molecule has 3 rings (SSSR count). The first-order chi connectivity index (χ1) is 12.2. The zero-order valence-electron chi connectivity index (χ0n) is 14.3. The van der Waals surface area contributed by atoms with Crippen molar-refractivity contribution < 1.29 is 9.53 Å². The third kappa shape index (κ3) is 4.09. The number of benzene rings is 2. The van der Waals surface area contributed by atoms with Gasteiger partial charge in [0.15, 0.2) is 5.13 Å². The van der Waals surface area contributed by atoms with Gasteiger partial charge in [-0.1, -0.05) is 42.5 Å². The number of hydrogen-bond donors (Lipinski definition) is 2. The number of nitrogens with zero attached hydrogens (tertiary/aromatic N) is 1. The van der Waals surface area contributed by atoms with Crippen LogP contribution in [-0.4, -0.2) is 24.2 Å². The Bertz CT molecular complexity index is 876. The van der Waals surface area contributed by atoms with Gasteiger partial charge in [-0.15, -0.1) is 0 Å². The molecule has 2 N–H and O–H groups in total. The lowest BCUT2D eigenvalue weighted by Crippen LogP contribution is -2.28. The summed E-state index contributed by atoms with van der Waals surface area (Å²) in [5.41, 5.74) is 3.00. The van der Waals surface area contributed by atoms with Gasteiger partial charge in [0.25, 0.3) is 0 Å². The van der Waals surface area contributed by atoms with Gasteiger partial charge in [-0.05, 0) is 37.1 Å². The van der Waals surface area contributed by atoms with Gasteiger partial charge in [-0.2, -0.15) is 0 Å². The molecule has 0 spiro atoms. The highest BCUT2D eigenvalue weighted by Gasteiger charge is 2.10. The molecule has 0 aliphatic heterocycles. The molecule has 0 atom stereocenters. The van der Waals surface area contributed by atoms with Crippen molar-refractivity contribution in [3.05, 3.63) is 42.5 Å². The second-order valence-electron chi connectivity index (χ2n) is 5.53. The minimum Gasteiger partial charge on any atom is -0.493 e. The molecule has 2 aromatic carbocycles. The maximum absolute atomic E-state index is 11.7. The molecule has 0 unspecified atom stereocenters. The maximum Gasteiger partial charge on any atom is 0.321 e. The average molecular weight is 355 g/mol. The van der Waals surface area contributed by atoms with E-state index < -0.39 is 0 Å². The smallest absolute Gasteiger partial charge is 0.321 e. The normalized spacial score (nSPS) is 10.6. The highest BCUT2D eigenvalue weighted by Crippen LogP contribution is 2.34. The van der Waals surface area contributed by atoms with Gasteiger partial charge in [0.2, 0.25) is 0 Å². The fourth-order valence-electron chi connectivity index (χ4n) is 2.49. The van der Waals surface area contributed by atoms with E-state index in [4.69, 9.17) is 4.74 Å². The quantitative estimate of drug-likeness (QED) is 0.661. The molecule has 5 nitrogen and oxygen atoms in total. The number of carbonyl (C=O) groups is 1. The zero-order valence-corrected chi connectivity index (χ0v) is 15.2.